The van der Waals surface area contributed by atoms with Crippen molar-refractivity contribution in [2.45, 2.75) is 38.2 Å². The highest BCUT2D eigenvalue weighted by atomic mass is 16.5. The van der Waals surface area contributed by atoms with Crippen molar-refractivity contribution in [3.05, 3.63) is 29.3 Å². The van der Waals surface area contributed by atoms with E-state index in [1.165, 1.54) is 5.56 Å². The number of benzene rings is 1. The minimum Gasteiger partial charge on any atom is -0.496 e. The second kappa shape index (κ2) is 3.53. The van der Waals surface area contributed by atoms with Gasteiger partial charge in [0.2, 0.25) is 0 Å². The van der Waals surface area contributed by atoms with Gasteiger partial charge in [-0.05, 0) is 36.5 Å². The third kappa shape index (κ3) is 1.86. The summed E-state index contributed by atoms with van der Waals surface area (Å²) in [5, 5.41) is 10.1. The summed E-state index contributed by atoms with van der Waals surface area (Å²) in [5.74, 6) is 1.29. The molecule has 1 aliphatic carbocycles. The van der Waals surface area contributed by atoms with Crippen molar-refractivity contribution in [2.24, 2.45) is 0 Å². The molecule has 0 bridgehead atoms. The molecule has 2 nitrogen and oxygen atoms in total. The van der Waals surface area contributed by atoms with Crippen molar-refractivity contribution in [1.82, 2.24) is 0 Å². The lowest BCUT2D eigenvalue weighted by atomic mass is 9.97. The Morgan fingerprint density at radius 3 is 2.47 bits per heavy atom. The standard InChI is InChI=1S/C13H18O2/c1-9(2)10-4-5-12(15-3)11(8-10)13(14)6-7-13/h4-5,8-9,14H,6-7H2,1-3H3. The Bertz CT molecular complexity index is 365. The molecule has 1 N–H and O–H groups in total. The van der Waals surface area contributed by atoms with E-state index in [2.05, 4.69) is 26.0 Å². The van der Waals surface area contributed by atoms with Crippen molar-refractivity contribution in [3.63, 3.8) is 0 Å². The van der Waals surface area contributed by atoms with Gasteiger partial charge in [-0.3, -0.25) is 0 Å². The molecule has 2 rings (SSSR count). The number of hydrogen-bond donors (Lipinski definition) is 1. The molecule has 1 saturated carbocycles. The van der Waals surface area contributed by atoms with Crippen molar-refractivity contribution < 1.29 is 9.84 Å². The maximum Gasteiger partial charge on any atom is 0.124 e. The lowest BCUT2D eigenvalue weighted by Gasteiger charge is -2.16. The van der Waals surface area contributed by atoms with Crippen LogP contribution in [0.1, 0.15) is 43.7 Å². The predicted molar refractivity (Wildman–Crippen MR) is 60.2 cm³/mol. The average Bonchev–Trinajstić information content (AvgIpc) is 2.96. The molecule has 2 heteroatoms. The van der Waals surface area contributed by atoms with E-state index in [9.17, 15) is 5.11 Å². The monoisotopic (exact) mass is 206 g/mol. The van der Waals surface area contributed by atoms with E-state index < -0.39 is 5.60 Å². The van der Waals surface area contributed by atoms with E-state index in [1.54, 1.807) is 7.11 Å². The molecule has 1 aromatic rings. The minimum absolute atomic E-state index is 0.483. The maximum absolute atomic E-state index is 10.1. The molecule has 0 radical (unpaired) electrons. The van der Waals surface area contributed by atoms with Crippen molar-refractivity contribution in [1.29, 1.82) is 0 Å². The number of ether oxygens (including phenoxy) is 1. The Balaban J connectivity index is 2.44. The van der Waals surface area contributed by atoms with Gasteiger partial charge < -0.3 is 9.84 Å². The average molecular weight is 206 g/mol. The Labute approximate surface area is 90.9 Å². The fourth-order valence-corrected chi connectivity index (χ4v) is 1.84. The molecule has 0 aliphatic heterocycles. The normalized spacial score (nSPS) is 17.9. The van der Waals surface area contributed by atoms with Crippen LogP contribution in [0.4, 0.5) is 0 Å². The molecule has 15 heavy (non-hydrogen) atoms. The molecule has 0 atom stereocenters. The van der Waals surface area contributed by atoms with Gasteiger partial charge in [0.15, 0.2) is 0 Å². The van der Waals surface area contributed by atoms with E-state index in [0.717, 1.165) is 24.2 Å². The van der Waals surface area contributed by atoms with Gasteiger partial charge in [0.05, 0.1) is 12.7 Å². The second-order valence-corrected chi connectivity index (χ2v) is 4.65. The van der Waals surface area contributed by atoms with Crippen LogP contribution in [0.5, 0.6) is 5.75 Å². The molecule has 0 saturated heterocycles. The largest absolute Gasteiger partial charge is 0.496 e. The van der Waals surface area contributed by atoms with Crippen LogP contribution in [-0.2, 0) is 5.60 Å². The lowest BCUT2D eigenvalue weighted by molar-refractivity contribution is 0.147. The highest BCUT2D eigenvalue weighted by Gasteiger charge is 2.44. The Kier molecular flexibility index (Phi) is 2.47. The van der Waals surface area contributed by atoms with Gasteiger partial charge in [0.25, 0.3) is 0 Å². The summed E-state index contributed by atoms with van der Waals surface area (Å²) >= 11 is 0. The van der Waals surface area contributed by atoms with Crippen LogP contribution in [0, 0.1) is 0 Å². The molecule has 0 aromatic heterocycles. The van der Waals surface area contributed by atoms with E-state index in [-0.39, 0.29) is 0 Å². The first-order valence-corrected chi connectivity index (χ1v) is 5.47. The fraction of sp³-hybridized carbons (Fsp3) is 0.538. The molecule has 1 fully saturated rings. The zero-order valence-electron chi connectivity index (χ0n) is 9.58. The summed E-state index contributed by atoms with van der Waals surface area (Å²) in [7, 11) is 1.65. The zero-order chi connectivity index (χ0) is 11.1. The van der Waals surface area contributed by atoms with Crippen LogP contribution in [0.15, 0.2) is 18.2 Å². The second-order valence-electron chi connectivity index (χ2n) is 4.65. The zero-order valence-corrected chi connectivity index (χ0v) is 9.58. The van der Waals surface area contributed by atoms with E-state index >= 15 is 0 Å². The highest BCUT2D eigenvalue weighted by molar-refractivity contribution is 5.44. The van der Waals surface area contributed by atoms with Crippen LogP contribution in [-0.4, -0.2) is 12.2 Å². The molecule has 0 heterocycles. The number of aliphatic hydroxyl groups is 1. The van der Waals surface area contributed by atoms with E-state index in [0.29, 0.717) is 5.92 Å². The number of methoxy groups -OCH3 is 1. The van der Waals surface area contributed by atoms with Crippen LogP contribution in [0.25, 0.3) is 0 Å². The van der Waals surface area contributed by atoms with Gasteiger partial charge in [0.1, 0.15) is 5.75 Å². The predicted octanol–water partition coefficient (Wildman–Crippen LogP) is 2.80. The first kappa shape index (κ1) is 10.5. The van der Waals surface area contributed by atoms with Crippen LogP contribution >= 0.6 is 0 Å². The Morgan fingerprint density at radius 1 is 1.33 bits per heavy atom. The van der Waals surface area contributed by atoms with Crippen molar-refractivity contribution in [2.75, 3.05) is 7.11 Å². The van der Waals surface area contributed by atoms with E-state index in [1.807, 2.05) is 6.07 Å². The first-order chi connectivity index (χ1) is 7.07. The molecular formula is C13H18O2. The molecule has 0 unspecified atom stereocenters. The summed E-state index contributed by atoms with van der Waals surface area (Å²) in [4.78, 5) is 0. The Hall–Kier alpha value is -1.02. The summed E-state index contributed by atoms with van der Waals surface area (Å²) in [6.07, 6.45) is 1.70. The molecule has 1 aromatic carbocycles. The van der Waals surface area contributed by atoms with Crippen molar-refractivity contribution >= 4 is 0 Å². The molecule has 0 spiro atoms. The van der Waals surface area contributed by atoms with Crippen LogP contribution in [0.3, 0.4) is 0 Å². The van der Waals surface area contributed by atoms with Gasteiger partial charge >= 0.3 is 0 Å². The minimum atomic E-state index is -0.615. The molecule has 0 amide bonds. The molecular weight excluding hydrogens is 188 g/mol. The highest BCUT2D eigenvalue weighted by Crippen LogP contribution is 2.49. The summed E-state index contributed by atoms with van der Waals surface area (Å²) in [6.45, 7) is 4.31. The Morgan fingerprint density at radius 2 is 2.00 bits per heavy atom. The quantitative estimate of drug-likeness (QED) is 0.824. The SMILES string of the molecule is COc1ccc(C(C)C)cc1C1(O)CC1. The third-order valence-electron chi connectivity index (χ3n) is 3.12. The third-order valence-corrected chi connectivity index (χ3v) is 3.12. The lowest BCUT2D eigenvalue weighted by Crippen LogP contribution is -2.07. The van der Waals surface area contributed by atoms with E-state index in [4.69, 9.17) is 4.74 Å². The topological polar surface area (TPSA) is 29.5 Å². The maximum atomic E-state index is 10.1. The first-order valence-electron chi connectivity index (χ1n) is 5.47. The summed E-state index contributed by atoms with van der Waals surface area (Å²) < 4.78 is 5.29. The van der Waals surface area contributed by atoms with Gasteiger partial charge in [-0.15, -0.1) is 0 Å². The van der Waals surface area contributed by atoms with Gasteiger partial charge in [-0.25, -0.2) is 0 Å². The van der Waals surface area contributed by atoms with Gasteiger partial charge in [0, 0.05) is 5.56 Å². The number of rotatable bonds is 3. The summed E-state index contributed by atoms with van der Waals surface area (Å²) in [5.41, 5.74) is 1.60. The van der Waals surface area contributed by atoms with Gasteiger partial charge in [-0.1, -0.05) is 19.9 Å². The number of hydrogen-bond acceptors (Lipinski definition) is 2. The van der Waals surface area contributed by atoms with Crippen LogP contribution in [0.2, 0.25) is 0 Å². The molecule has 1 aliphatic rings. The van der Waals surface area contributed by atoms with Crippen LogP contribution < -0.4 is 4.74 Å². The van der Waals surface area contributed by atoms with Crippen molar-refractivity contribution in [3.8, 4) is 5.75 Å². The molecule has 82 valence electrons. The van der Waals surface area contributed by atoms with Gasteiger partial charge in [-0.2, -0.15) is 0 Å². The fourth-order valence-electron chi connectivity index (χ4n) is 1.84. The summed E-state index contributed by atoms with van der Waals surface area (Å²) in [6, 6.07) is 6.11. The smallest absolute Gasteiger partial charge is 0.124 e.